The summed E-state index contributed by atoms with van der Waals surface area (Å²) in [6, 6.07) is 5.82. The van der Waals surface area contributed by atoms with Gasteiger partial charge in [-0.3, -0.25) is 4.68 Å². The lowest BCUT2D eigenvalue weighted by atomic mass is 9.99. The third-order valence-electron chi connectivity index (χ3n) is 3.48. The molecule has 1 aromatic carbocycles. The van der Waals surface area contributed by atoms with E-state index >= 15 is 0 Å². The number of benzene rings is 1. The normalized spacial score (nSPS) is 10.6. The Bertz CT molecular complexity index is 659. The number of aromatic nitrogens is 2. The van der Waals surface area contributed by atoms with Gasteiger partial charge in [0.25, 0.3) is 0 Å². The van der Waals surface area contributed by atoms with E-state index in [0.717, 1.165) is 23.2 Å². The average molecular weight is 274 g/mol. The van der Waals surface area contributed by atoms with Crippen LogP contribution in [0.25, 0.3) is 11.1 Å². The first kappa shape index (κ1) is 14.1. The van der Waals surface area contributed by atoms with E-state index in [1.165, 1.54) is 0 Å². The van der Waals surface area contributed by atoms with E-state index in [-0.39, 0.29) is 5.69 Å². The minimum atomic E-state index is -1.03. The van der Waals surface area contributed by atoms with E-state index in [1.54, 1.807) is 18.8 Å². The molecular weight excluding hydrogens is 256 g/mol. The summed E-state index contributed by atoms with van der Waals surface area (Å²) in [5.41, 5.74) is 3.37. The molecular formula is C15H18N2O3. The van der Waals surface area contributed by atoms with Crippen molar-refractivity contribution in [2.24, 2.45) is 7.05 Å². The Morgan fingerprint density at radius 3 is 2.70 bits per heavy atom. The molecule has 20 heavy (non-hydrogen) atoms. The SMILES string of the molecule is CCc1ccc(OC)c(-c2c(C(=O)O)nn(C)c2C)c1. The molecule has 0 saturated carbocycles. The van der Waals surface area contributed by atoms with Crippen LogP contribution in [0.5, 0.6) is 5.75 Å². The first-order valence-corrected chi connectivity index (χ1v) is 6.43. The molecule has 0 saturated heterocycles. The van der Waals surface area contributed by atoms with Crippen LogP contribution in [0.4, 0.5) is 0 Å². The van der Waals surface area contributed by atoms with Gasteiger partial charge in [0.05, 0.1) is 7.11 Å². The number of aryl methyl sites for hydroxylation is 2. The van der Waals surface area contributed by atoms with Crippen LogP contribution >= 0.6 is 0 Å². The summed E-state index contributed by atoms with van der Waals surface area (Å²) in [7, 11) is 3.32. The molecule has 0 aliphatic carbocycles. The smallest absolute Gasteiger partial charge is 0.357 e. The van der Waals surface area contributed by atoms with Gasteiger partial charge in [0.2, 0.25) is 0 Å². The second-order valence-corrected chi connectivity index (χ2v) is 4.63. The third-order valence-corrected chi connectivity index (χ3v) is 3.48. The highest BCUT2D eigenvalue weighted by Crippen LogP contribution is 2.35. The fourth-order valence-corrected chi connectivity index (χ4v) is 2.25. The Morgan fingerprint density at radius 1 is 1.45 bits per heavy atom. The van der Waals surface area contributed by atoms with Crippen LogP contribution in [-0.4, -0.2) is 28.0 Å². The van der Waals surface area contributed by atoms with E-state index in [4.69, 9.17) is 4.74 Å². The highest BCUT2D eigenvalue weighted by molar-refractivity contribution is 5.96. The summed E-state index contributed by atoms with van der Waals surface area (Å²) in [5.74, 6) is -0.381. The maximum Gasteiger partial charge on any atom is 0.357 e. The molecule has 1 N–H and O–H groups in total. The van der Waals surface area contributed by atoms with Crippen molar-refractivity contribution in [3.63, 3.8) is 0 Å². The van der Waals surface area contributed by atoms with Gasteiger partial charge in [-0.2, -0.15) is 5.10 Å². The van der Waals surface area contributed by atoms with Crippen molar-refractivity contribution >= 4 is 5.97 Å². The number of hydrogen-bond acceptors (Lipinski definition) is 3. The minimum Gasteiger partial charge on any atom is -0.496 e. The molecule has 2 rings (SSSR count). The van der Waals surface area contributed by atoms with E-state index in [9.17, 15) is 9.90 Å². The number of ether oxygens (including phenoxy) is 1. The molecule has 5 heteroatoms. The lowest BCUT2D eigenvalue weighted by Gasteiger charge is -2.11. The quantitative estimate of drug-likeness (QED) is 0.931. The maximum absolute atomic E-state index is 11.4. The zero-order valence-corrected chi connectivity index (χ0v) is 12.1. The molecule has 0 atom stereocenters. The van der Waals surface area contributed by atoms with Crippen LogP contribution in [0.2, 0.25) is 0 Å². The van der Waals surface area contributed by atoms with Crippen molar-refractivity contribution in [2.45, 2.75) is 20.3 Å². The van der Waals surface area contributed by atoms with E-state index < -0.39 is 5.97 Å². The van der Waals surface area contributed by atoms with E-state index in [1.807, 2.05) is 25.1 Å². The van der Waals surface area contributed by atoms with Crippen molar-refractivity contribution < 1.29 is 14.6 Å². The Labute approximate surface area is 117 Å². The number of aromatic carboxylic acids is 1. The minimum absolute atomic E-state index is 0.0524. The number of nitrogens with zero attached hydrogens (tertiary/aromatic N) is 2. The third kappa shape index (κ3) is 2.27. The summed E-state index contributed by atoms with van der Waals surface area (Å²) in [6.07, 6.45) is 0.874. The van der Waals surface area contributed by atoms with Crippen LogP contribution in [0.1, 0.15) is 28.7 Å². The predicted octanol–water partition coefficient (Wildman–Crippen LogP) is 2.66. The molecule has 0 unspecified atom stereocenters. The Kier molecular flexibility index (Phi) is 3.79. The van der Waals surface area contributed by atoms with Crippen LogP contribution in [0.3, 0.4) is 0 Å². The molecule has 2 aromatic rings. The summed E-state index contributed by atoms with van der Waals surface area (Å²) < 4.78 is 6.95. The predicted molar refractivity (Wildman–Crippen MR) is 76.3 cm³/mol. The summed E-state index contributed by atoms with van der Waals surface area (Å²) >= 11 is 0. The molecule has 0 fully saturated rings. The molecule has 0 radical (unpaired) electrons. The van der Waals surface area contributed by atoms with Gasteiger partial charge in [0.1, 0.15) is 5.75 Å². The van der Waals surface area contributed by atoms with Crippen molar-refractivity contribution in [1.82, 2.24) is 9.78 Å². The van der Waals surface area contributed by atoms with Crippen molar-refractivity contribution in [2.75, 3.05) is 7.11 Å². The molecule has 0 amide bonds. The van der Waals surface area contributed by atoms with Crippen molar-refractivity contribution in [3.05, 3.63) is 35.2 Å². The second-order valence-electron chi connectivity index (χ2n) is 4.63. The van der Waals surface area contributed by atoms with E-state index in [2.05, 4.69) is 12.0 Å². The molecule has 0 aliphatic rings. The fraction of sp³-hybridized carbons (Fsp3) is 0.333. The maximum atomic E-state index is 11.4. The lowest BCUT2D eigenvalue weighted by molar-refractivity contribution is 0.0690. The zero-order valence-electron chi connectivity index (χ0n) is 12.1. The largest absolute Gasteiger partial charge is 0.496 e. The van der Waals surface area contributed by atoms with E-state index in [0.29, 0.717) is 11.3 Å². The Hall–Kier alpha value is -2.30. The highest BCUT2D eigenvalue weighted by Gasteiger charge is 2.22. The number of rotatable bonds is 4. The average Bonchev–Trinajstić information content (AvgIpc) is 2.74. The second kappa shape index (κ2) is 5.36. The topological polar surface area (TPSA) is 64.3 Å². The van der Waals surface area contributed by atoms with Gasteiger partial charge in [-0.25, -0.2) is 4.79 Å². The van der Waals surface area contributed by atoms with Gasteiger partial charge in [0.15, 0.2) is 5.69 Å². The van der Waals surface area contributed by atoms with Gasteiger partial charge in [-0.05, 0) is 31.0 Å². The summed E-state index contributed by atoms with van der Waals surface area (Å²) in [4.78, 5) is 11.4. The number of carboxylic acid groups (broad SMARTS) is 1. The van der Waals surface area contributed by atoms with Crippen molar-refractivity contribution in [1.29, 1.82) is 0 Å². The number of carbonyl (C=O) groups is 1. The lowest BCUT2D eigenvalue weighted by Crippen LogP contribution is -2.01. The first-order valence-electron chi connectivity index (χ1n) is 6.43. The monoisotopic (exact) mass is 274 g/mol. The standard InChI is InChI=1S/C15H18N2O3/c1-5-10-6-7-12(20-4)11(8-10)13-9(2)17(3)16-14(13)15(18)19/h6-8H,5H2,1-4H3,(H,18,19). The van der Waals surface area contributed by atoms with Crippen molar-refractivity contribution in [3.8, 4) is 16.9 Å². The Morgan fingerprint density at radius 2 is 2.15 bits per heavy atom. The molecule has 1 aromatic heterocycles. The summed E-state index contributed by atoms with van der Waals surface area (Å²) in [6.45, 7) is 3.91. The summed E-state index contributed by atoms with van der Waals surface area (Å²) in [5, 5.41) is 13.4. The van der Waals surface area contributed by atoms with Gasteiger partial charge in [-0.1, -0.05) is 13.0 Å². The van der Waals surface area contributed by atoms with Crippen LogP contribution in [-0.2, 0) is 13.5 Å². The fourth-order valence-electron chi connectivity index (χ4n) is 2.25. The number of hydrogen-bond donors (Lipinski definition) is 1. The molecule has 106 valence electrons. The molecule has 0 bridgehead atoms. The molecule has 5 nitrogen and oxygen atoms in total. The van der Waals surface area contributed by atoms with Gasteiger partial charge in [0, 0.05) is 23.9 Å². The molecule has 0 spiro atoms. The molecule has 1 heterocycles. The van der Waals surface area contributed by atoms with Gasteiger partial charge >= 0.3 is 5.97 Å². The van der Waals surface area contributed by atoms with Crippen LogP contribution in [0, 0.1) is 6.92 Å². The molecule has 0 aliphatic heterocycles. The van der Waals surface area contributed by atoms with Crippen LogP contribution in [0.15, 0.2) is 18.2 Å². The van der Waals surface area contributed by atoms with Gasteiger partial charge < -0.3 is 9.84 Å². The number of carboxylic acids is 1. The zero-order chi connectivity index (χ0) is 14.9. The first-order chi connectivity index (χ1) is 9.49. The van der Waals surface area contributed by atoms with Gasteiger partial charge in [-0.15, -0.1) is 0 Å². The Balaban J connectivity index is 2.76. The number of methoxy groups -OCH3 is 1. The highest BCUT2D eigenvalue weighted by atomic mass is 16.5. The van der Waals surface area contributed by atoms with Crippen LogP contribution < -0.4 is 4.74 Å².